The van der Waals surface area contributed by atoms with E-state index in [1.54, 1.807) is 0 Å². The minimum Gasteiger partial charge on any atom is -0.309 e. The Kier molecular flexibility index (Phi) is 3.60. The maximum Gasteiger partial charge on any atom is 0.0547 e. The van der Waals surface area contributed by atoms with Gasteiger partial charge >= 0.3 is 0 Å². The van der Waals surface area contributed by atoms with Gasteiger partial charge in [-0.05, 0) is 41.1 Å². The molecule has 158 valence electrons. The number of thiophene rings is 1. The first-order valence-electron chi connectivity index (χ1n) is 11.6. The van der Waals surface area contributed by atoms with E-state index in [0.29, 0.717) is 0 Å². The van der Waals surface area contributed by atoms with Crippen LogP contribution in [0.25, 0.3) is 69.2 Å². The summed E-state index contributed by atoms with van der Waals surface area (Å²) < 4.78 is 5.14. The average Bonchev–Trinajstić information content (AvgIpc) is 3.45. The summed E-state index contributed by atoms with van der Waals surface area (Å²) in [5, 5.41) is 10.8. The van der Waals surface area contributed by atoms with E-state index < -0.39 is 0 Å². The Morgan fingerprint density at radius 2 is 1.06 bits per heavy atom. The molecule has 0 unspecified atom stereocenters. The Morgan fingerprint density at radius 3 is 1.88 bits per heavy atom. The van der Waals surface area contributed by atoms with Crippen LogP contribution in [0, 0.1) is 0 Å². The van der Waals surface area contributed by atoms with Crippen LogP contribution in [0.2, 0.25) is 0 Å². The molecule has 2 heteroatoms. The van der Waals surface area contributed by atoms with Crippen molar-refractivity contribution in [3.63, 3.8) is 0 Å². The van der Waals surface area contributed by atoms with Gasteiger partial charge in [0.25, 0.3) is 0 Å². The van der Waals surface area contributed by atoms with Crippen molar-refractivity contribution in [1.29, 1.82) is 0 Å². The SMILES string of the molecule is c1ccc(-n2c3ccccc3c3c4c5ccccc5c5c6ccccc6sc5c4ccc32)cc1. The quantitative estimate of drug-likeness (QED) is 0.220. The molecular weight excluding hydrogens is 430 g/mol. The number of benzene rings is 6. The van der Waals surface area contributed by atoms with Gasteiger partial charge < -0.3 is 4.57 Å². The summed E-state index contributed by atoms with van der Waals surface area (Å²) in [6, 6.07) is 42.0. The summed E-state index contributed by atoms with van der Waals surface area (Å²) in [4.78, 5) is 0. The summed E-state index contributed by atoms with van der Waals surface area (Å²) in [5.41, 5.74) is 3.70. The van der Waals surface area contributed by atoms with Crippen molar-refractivity contribution in [1.82, 2.24) is 4.57 Å². The van der Waals surface area contributed by atoms with Crippen LogP contribution in [0.3, 0.4) is 0 Å². The molecule has 1 nitrogen and oxygen atoms in total. The van der Waals surface area contributed by atoms with Crippen molar-refractivity contribution >= 4 is 74.9 Å². The molecule has 0 aliphatic carbocycles. The summed E-state index contributed by atoms with van der Waals surface area (Å²) in [5.74, 6) is 0. The van der Waals surface area contributed by atoms with Crippen molar-refractivity contribution < 1.29 is 0 Å². The standard InChI is InChI=1S/C32H19NS/c1-2-10-20(11-3-1)33-26-16-8-6-14-23(26)31-27(33)19-18-25-29(31)21-12-4-5-13-22(21)30-24-15-7-9-17-28(24)34-32(25)30/h1-19H. The molecule has 0 fully saturated rings. The molecule has 34 heavy (non-hydrogen) atoms. The van der Waals surface area contributed by atoms with Crippen LogP contribution in [0.15, 0.2) is 115 Å². The maximum atomic E-state index is 2.41. The van der Waals surface area contributed by atoms with Gasteiger partial charge in [0.05, 0.1) is 11.0 Å². The molecule has 0 aliphatic heterocycles. The number of nitrogens with zero attached hydrogens (tertiary/aromatic N) is 1. The van der Waals surface area contributed by atoms with Crippen molar-refractivity contribution in [3.8, 4) is 5.69 Å². The molecule has 0 saturated heterocycles. The Labute approximate surface area is 200 Å². The Balaban J connectivity index is 1.70. The average molecular weight is 450 g/mol. The minimum absolute atomic E-state index is 1.19. The van der Waals surface area contributed by atoms with E-state index in [0.717, 1.165) is 0 Å². The largest absolute Gasteiger partial charge is 0.309 e. The summed E-state index contributed by atoms with van der Waals surface area (Å²) >= 11 is 1.92. The first kappa shape index (κ1) is 18.3. The van der Waals surface area contributed by atoms with Gasteiger partial charge in [0, 0.05) is 47.4 Å². The zero-order valence-electron chi connectivity index (χ0n) is 18.3. The monoisotopic (exact) mass is 449 g/mol. The molecule has 8 aromatic rings. The Bertz CT molecular complexity index is 2060. The molecule has 0 bridgehead atoms. The smallest absolute Gasteiger partial charge is 0.0547 e. The third-order valence-electron chi connectivity index (χ3n) is 7.16. The molecule has 6 aromatic carbocycles. The number of rotatable bonds is 1. The van der Waals surface area contributed by atoms with E-state index >= 15 is 0 Å². The van der Waals surface area contributed by atoms with Crippen LogP contribution in [0.4, 0.5) is 0 Å². The van der Waals surface area contributed by atoms with Crippen molar-refractivity contribution in [3.05, 3.63) is 115 Å². The van der Waals surface area contributed by atoms with Gasteiger partial charge in [-0.2, -0.15) is 0 Å². The lowest BCUT2D eigenvalue weighted by Crippen LogP contribution is -1.92. The number of para-hydroxylation sites is 2. The first-order chi connectivity index (χ1) is 16.9. The predicted octanol–water partition coefficient (Wildman–Crippen LogP) is 9.46. The Hall–Kier alpha value is -4.14. The van der Waals surface area contributed by atoms with Crippen LogP contribution < -0.4 is 0 Å². The third-order valence-corrected chi connectivity index (χ3v) is 8.36. The van der Waals surface area contributed by atoms with Crippen molar-refractivity contribution in [2.75, 3.05) is 0 Å². The number of hydrogen-bond donors (Lipinski definition) is 0. The Morgan fingerprint density at radius 1 is 0.412 bits per heavy atom. The number of aromatic nitrogens is 1. The zero-order valence-corrected chi connectivity index (χ0v) is 19.1. The number of hydrogen-bond acceptors (Lipinski definition) is 1. The molecule has 0 N–H and O–H groups in total. The van der Waals surface area contributed by atoms with Gasteiger partial charge in [-0.3, -0.25) is 0 Å². The lowest BCUT2D eigenvalue weighted by atomic mass is 9.94. The van der Waals surface area contributed by atoms with Gasteiger partial charge in [0.15, 0.2) is 0 Å². The third kappa shape index (κ3) is 2.28. The predicted molar refractivity (Wildman–Crippen MR) is 149 cm³/mol. The normalized spacial score (nSPS) is 12.1. The number of fused-ring (bicyclic) bond motifs is 12. The van der Waals surface area contributed by atoms with Crippen molar-refractivity contribution in [2.24, 2.45) is 0 Å². The fraction of sp³-hybridized carbons (Fsp3) is 0. The van der Waals surface area contributed by atoms with Crippen LogP contribution in [0.5, 0.6) is 0 Å². The van der Waals surface area contributed by atoms with Crippen LogP contribution in [-0.4, -0.2) is 4.57 Å². The summed E-state index contributed by atoms with van der Waals surface area (Å²) in [6.07, 6.45) is 0. The van der Waals surface area contributed by atoms with Gasteiger partial charge in [0.2, 0.25) is 0 Å². The molecule has 0 spiro atoms. The van der Waals surface area contributed by atoms with Crippen molar-refractivity contribution in [2.45, 2.75) is 0 Å². The van der Waals surface area contributed by atoms with Crippen LogP contribution in [0.1, 0.15) is 0 Å². The molecule has 0 radical (unpaired) electrons. The highest BCUT2D eigenvalue weighted by Crippen LogP contribution is 2.47. The van der Waals surface area contributed by atoms with E-state index in [1.807, 2.05) is 11.3 Å². The lowest BCUT2D eigenvalue weighted by Gasteiger charge is -2.11. The molecular formula is C32H19NS. The fourth-order valence-corrected chi connectivity index (χ4v) is 7.05. The fourth-order valence-electron chi connectivity index (χ4n) is 5.81. The second-order valence-electron chi connectivity index (χ2n) is 8.92. The second kappa shape index (κ2) is 6.69. The van der Waals surface area contributed by atoms with Gasteiger partial charge in [-0.15, -0.1) is 11.3 Å². The highest BCUT2D eigenvalue weighted by atomic mass is 32.1. The lowest BCUT2D eigenvalue weighted by molar-refractivity contribution is 1.18. The second-order valence-corrected chi connectivity index (χ2v) is 9.97. The minimum atomic E-state index is 1.19. The van der Waals surface area contributed by atoms with Gasteiger partial charge in [0.1, 0.15) is 0 Å². The highest BCUT2D eigenvalue weighted by Gasteiger charge is 2.19. The maximum absolute atomic E-state index is 2.41. The molecule has 0 aliphatic rings. The van der Waals surface area contributed by atoms with Crippen LogP contribution in [-0.2, 0) is 0 Å². The van der Waals surface area contributed by atoms with E-state index in [1.165, 1.54) is 69.2 Å². The molecule has 2 heterocycles. The zero-order chi connectivity index (χ0) is 22.2. The van der Waals surface area contributed by atoms with E-state index in [9.17, 15) is 0 Å². The van der Waals surface area contributed by atoms with Crippen LogP contribution >= 0.6 is 11.3 Å². The van der Waals surface area contributed by atoms with E-state index in [2.05, 4.69) is 120 Å². The van der Waals surface area contributed by atoms with Gasteiger partial charge in [-0.25, -0.2) is 0 Å². The van der Waals surface area contributed by atoms with E-state index in [-0.39, 0.29) is 0 Å². The molecule has 2 aromatic heterocycles. The molecule has 0 saturated carbocycles. The molecule has 0 amide bonds. The van der Waals surface area contributed by atoms with Gasteiger partial charge in [-0.1, -0.05) is 84.9 Å². The first-order valence-corrected chi connectivity index (χ1v) is 12.4. The highest BCUT2D eigenvalue weighted by molar-refractivity contribution is 7.27. The molecule has 0 atom stereocenters. The topological polar surface area (TPSA) is 4.93 Å². The van der Waals surface area contributed by atoms with E-state index in [4.69, 9.17) is 0 Å². The molecule has 8 rings (SSSR count). The summed E-state index contributed by atoms with van der Waals surface area (Å²) in [6.45, 7) is 0. The summed E-state index contributed by atoms with van der Waals surface area (Å²) in [7, 11) is 0.